The van der Waals surface area contributed by atoms with Crippen molar-refractivity contribution in [1.29, 1.82) is 0 Å². The maximum Gasteiger partial charge on any atom is 0.226 e. The Kier molecular flexibility index (Phi) is 1.85. The zero-order valence-corrected chi connectivity index (χ0v) is 7.73. The Hall–Kier alpha value is -0.530. The molecule has 0 heterocycles. The van der Waals surface area contributed by atoms with Gasteiger partial charge < -0.3 is 5.32 Å². The lowest BCUT2D eigenvalue weighted by molar-refractivity contribution is -0.136. The van der Waals surface area contributed by atoms with Crippen LogP contribution in [-0.2, 0) is 4.79 Å². The largest absolute Gasteiger partial charge is 0.353 e. The topological polar surface area (TPSA) is 29.1 Å². The summed E-state index contributed by atoms with van der Waals surface area (Å²) in [7, 11) is 0. The Bertz CT molecular complexity index is 187. The van der Waals surface area contributed by atoms with Crippen LogP contribution in [0.1, 0.15) is 45.4 Å². The third kappa shape index (κ3) is 1.23. The highest BCUT2D eigenvalue weighted by atomic mass is 16.2. The molecule has 1 amide bonds. The van der Waals surface area contributed by atoms with Crippen LogP contribution in [0, 0.1) is 5.41 Å². The van der Waals surface area contributed by atoms with E-state index >= 15 is 0 Å². The van der Waals surface area contributed by atoms with Gasteiger partial charge in [0.05, 0.1) is 0 Å². The smallest absolute Gasteiger partial charge is 0.226 e. The van der Waals surface area contributed by atoms with Gasteiger partial charge in [-0.2, -0.15) is 0 Å². The lowest BCUT2D eigenvalue weighted by atomic mass is 9.66. The average molecular weight is 167 g/mol. The number of nitrogens with one attached hydrogen (secondary N) is 1. The fourth-order valence-corrected chi connectivity index (χ4v) is 1.91. The summed E-state index contributed by atoms with van der Waals surface area (Å²) in [5.74, 6) is 0.332. The van der Waals surface area contributed by atoms with Crippen molar-refractivity contribution in [2.75, 3.05) is 0 Å². The van der Waals surface area contributed by atoms with Gasteiger partial charge in [0.15, 0.2) is 0 Å². The molecule has 0 radical (unpaired) electrons. The average Bonchev–Trinajstić information content (AvgIpc) is 2.70. The minimum absolute atomic E-state index is 0.0442. The normalized spacial score (nSPS) is 26.1. The lowest BCUT2D eigenvalue weighted by Crippen LogP contribution is -2.45. The molecule has 0 aromatic heterocycles. The molecule has 68 valence electrons. The van der Waals surface area contributed by atoms with Gasteiger partial charge in [-0.3, -0.25) is 4.79 Å². The van der Waals surface area contributed by atoms with E-state index in [1.165, 1.54) is 19.3 Å². The van der Waals surface area contributed by atoms with Crippen molar-refractivity contribution in [2.45, 2.75) is 51.5 Å². The lowest BCUT2D eigenvalue weighted by Gasteiger charge is -2.39. The van der Waals surface area contributed by atoms with Crippen molar-refractivity contribution >= 4 is 5.91 Å². The van der Waals surface area contributed by atoms with Crippen LogP contribution in [0.5, 0.6) is 0 Å². The first-order chi connectivity index (χ1) is 5.77. The zero-order valence-electron chi connectivity index (χ0n) is 7.73. The van der Waals surface area contributed by atoms with Crippen LogP contribution in [0.3, 0.4) is 0 Å². The molecule has 2 nitrogen and oxygen atoms in total. The molecule has 2 rings (SSSR count). The van der Waals surface area contributed by atoms with Crippen LogP contribution in [-0.4, -0.2) is 11.9 Å². The van der Waals surface area contributed by atoms with Crippen molar-refractivity contribution in [1.82, 2.24) is 5.32 Å². The van der Waals surface area contributed by atoms with Crippen LogP contribution in [0.2, 0.25) is 0 Å². The summed E-state index contributed by atoms with van der Waals surface area (Å²) in [5.41, 5.74) is 0.0442. The Morgan fingerprint density at radius 2 is 2.17 bits per heavy atom. The van der Waals surface area contributed by atoms with E-state index in [1.807, 2.05) is 0 Å². The van der Waals surface area contributed by atoms with Crippen molar-refractivity contribution in [3.8, 4) is 0 Å². The second-order valence-electron chi connectivity index (χ2n) is 4.24. The summed E-state index contributed by atoms with van der Waals surface area (Å²) < 4.78 is 0. The molecule has 0 aliphatic heterocycles. The highest BCUT2D eigenvalue weighted by Gasteiger charge is 2.43. The second kappa shape index (κ2) is 2.75. The fourth-order valence-electron chi connectivity index (χ4n) is 1.91. The van der Waals surface area contributed by atoms with E-state index in [0.29, 0.717) is 11.9 Å². The number of carbonyl (C=O) groups excluding carboxylic acids is 1. The molecule has 12 heavy (non-hydrogen) atoms. The molecular weight excluding hydrogens is 150 g/mol. The molecule has 0 atom stereocenters. The van der Waals surface area contributed by atoms with Gasteiger partial charge >= 0.3 is 0 Å². The number of carbonyl (C=O) groups is 1. The zero-order chi connectivity index (χ0) is 8.60. The highest BCUT2D eigenvalue weighted by Crippen LogP contribution is 2.44. The van der Waals surface area contributed by atoms with Gasteiger partial charge in [-0.25, -0.2) is 0 Å². The molecule has 1 N–H and O–H groups in total. The molecule has 0 saturated heterocycles. The Morgan fingerprint density at radius 1 is 1.50 bits per heavy atom. The molecule has 0 aromatic carbocycles. The SMILES string of the molecule is CCC1(C(=O)NC2CC2)CCC1. The first-order valence-corrected chi connectivity index (χ1v) is 5.08. The summed E-state index contributed by atoms with van der Waals surface area (Å²) >= 11 is 0. The fraction of sp³-hybridized carbons (Fsp3) is 0.900. The molecule has 0 unspecified atom stereocenters. The van der Waals surface area contributed by atoms with Crippen LogP contribution >= 0.6 is 0 Å². The van der Waals surface area contributed by atoms with E-state index in [-0.39, 0.29) is 5.41 Å². The van der Waals surface area contributed by atoms with Gasteiger partial charge in [-0.1, -0.05) is 13.3 Å². The maximum absolute atomic E-state index is 11.7. The minimum Gasteiger partial charge on any atom is -0.353 e. The highest BCUT2D eigenvalue weighted by molar-refractivity contribution is 5.83. The molecule has 2 heteroatoms. The molecule has 2 fully saturated rings. The van der Waals surface area contributed by atoms with Crippen LogP contribution in [0.25, 0.3) is 0 Å². The standard InChI is InChI=1S/C10H17NO/c1-2-10(6-3-7-10)9(12)11-8-4-5-8/h8H,2-7H2,1H3,(H,11,12). The molecule has 0 spiro atoms. The van der Waals surface area contributed by atoms with Crippen LogP contribution in [0.4, 0.5) is 0 Å². The third-order valence-corrected chi connectivity index (χ3v) is 3.38. The molecule has 2 saturated carbocycles. The first kappa shape index (κ1) is 8.09. The van der Waals surface area contributed by atoms with Gasteiger partial charge in [0.1, 0.15) is 0 Å². The summed E-state index contributed by atoms with van der Waals surface area (Å²) in [6.07, 6.45) is 6.89. The van der Waals surface area contributed by atoms with Crippen molar-refractivity contribution in [3.05, 3.63) is 0 Å². The van der Waals surface area contributed by atoms with E-state index < -0.39 is 0 Å². The monoisotopic (exact) mass is 167 g/mol. The number of hydrogen-bond acceptors (Lipinski definition) is 1. The van der Waals surface area contributed by atoms with Gasteiger partial charge in [-0.05, 0) is 32.1 Å². The van der Waals surface area contributed by atoms with E-state index in [9.17, 15) is 4.79 Å². The second-order valence-corrected chi connectivity index (χ2v) is 4.24. The molecule has 0 bridgehead atoms. The summed E-state index contributed by atoms with van der Waals surface area (Å²) in [6.45, 7) is 2.13. The quantitative estimate of drug-likeness (QED) is 0.682. The number of rotatable bonds is 3. The van der Waals surface area contributed by atoms with E-state index in [2.05, 4.69) is 12.2 Å². The van der Waals surface area contributed by atoms with Crippen LogP contribution in [0.15, 0.2) is 0 Å². The van der Waals surface area contributed by atoms with E-state index in [4.69, 9.17) is 0 Å². The molecule has 2 aliphatic rings. The predicted octanol–water partition coefficient (Wildman–Crippen LogP) is 1.85. The van der Waals surface area contributed by atoms with Crippen molar-refractivity contribution in [3.63, 3.8) is 0 Å². The molecule has 2 aliphatic carbocycles. The van der Waals surface area contributed by atoms with Gasteiger partial charge in [0, 0.05) is 11.5 Å². The Balaban J connectivity index is 1.90. The number of amides is 1. The summed E-state index contributed by atoms with van der Waals surface area (Å²) in [5, 5.41) is 3.11. The third-order valence-electron chi connectivity index (χ3n) is 3.38. The molecular formula is C10H17NO. The molecule has 0 aromatic rings. The van der Waals surface area contributed by atoms with Crippen molar-refractivity contribution < 1.29 is 4.79 Å². The summed E-state index contributed by atoms with van der Waals surface area (Å²) in [6, 6.07) is 0.529. The van der Waals surface area contributed by atoms with Crippen molar-refractivity contribution in [2.24, 2.45) is 5.41 Å². The Morgan fingerprint density at radius 3 is 2.50 bits per heavy atom. The van der Waals surface area contributed by atoms with Gasteiger partial charge in [0.25, 0.3) is 0 Å². The maximum atomic E-state index is 11.7. The summed E-state index contributed by atoms with van der Waals surface area (Å²) in [4.78, 5) is 11.7. The van der Waals surface area contributed by atoms with E-state index in [0.717, 1.165) is 19.3 Å². The van der Waals surface area contributed by atoms with Gasteiger partial charge in [-0.15, -0.1) is 0 Å². The minimum atomic E-state index is 0.0442. The Labute approximate surface area is 73.7 Å². The first-order valence-electron chi connectivity index (χ1n) is 5.08. The predicted molar refractivity (Wildman–Crippen MR) is 47.7 cm³/mol. The van der Waals surface area contributed by atoms with Crippen LogP contribution < -0.4 is 5.32 Å². The number of hydrogen-bond donors (Lipinski definition) is 1. The van der Waals surface area contributed by atoms with E-state index in [1.54, 1.807) is 0 Å². The van der Waals surface area contributed by atoms with Gasteiger partial charge in [0.2, 0.25) is 5.91 Å².